The van der Waals surface area contributed by atoms with Crippen LogP contribution in [0.3, 0.4) is 0 Å². The Bertz CT molecular complexity index is 2130. The van der Waals surface area contributed by atoms with Crippen LogP contribution in [0.1, 0.15) is 114 Å². The molecule has 4 saturated carbocycles. The van der Waals surface area contributed by atoms with Gasteiger partial charge in [-0.1, -0.05) is 65.7 Å². The molecular weight excluding hydrogens is 973 g/mol. The number of esters is 1. The molecule has 3 aliphatic heterocycles. The molecule has 5 aliphatic carbocycles. The molecule has 0 amide bonds. The van der Waals surface area contributed by atoms with E-state index in [4.69, 9.17) is 33.2 Å². The van der Waals surface area contributed by atoms with Gasteiger partial charge in [-0.3, -0.25) is 0 Å². The Labute approximate surface area is 432 Å². The number of aliphatic hydroxyl groups excluding tert-OH is 11. The van der Waals surface area contributed by atoms with Crippen molar-refractivity contribution < 1.29 is 104 Å². The molecule has 8 rings (SSSR count). The number of allylic oxidation sites excluding steroid dienone is 2. The van der Waals surface area contributed by atoms with Crippen LogP contribution in [0.5, 0.6) is 0 Å². The van der Waals surface area contributed by atoms with Crippen molar-refractivity contribution in [3.8, 4) is 0 Å². The van der Waals surface area contributed by atoms with Crippen LogP contribution in [0.4, 0.5) is 0 Å². The number of carboxylic acid groups (broad SMARTS) is 1. The summed E-state index contributed by atoms with van der Waals surface area (Å²) >= 11 is 0. The van der Waals surface area contributed by atoms with Gasteiger partial charge in [0.25, 0.3) is 0 Å². The van der Waals surface area contributed by atoms with Gasteiger partial charge in [0, 0.05) is 11.5 Å². The Morgan fingerprint density at radius 1 is 0.716 bits per heavy atom. The second-order valence-corrected chi connectivity index (χ2v) is 25.4. The quantitative estimate of drug-likeness (QED) is 0.0568. The lowest BCUT2D eigenvalue weighted by molar-refractivity contribution is -0.395. The third-order valence-electron chi connectivity index (χ3n) is 20.1. The van der Waals surface area contributed by atoms with Crippen molar-refractivity contribution in [2.75, 3.05) is 13.2 Å². The molecule has 21 nitrogen and oxygen atoms in total. The van der Waals surface area contributed by atoms with Gasteiger partial charge in [0.1, 0.15) is 73.2 Å². The maximum atomic E-state index is 13.6. The van der Waals surface area contributed by atoms with Gasteiger partial charge in [-0.05, 0) is 105 Å². The fraction of sp³-hybridized carbons (Fsp3) is 0.887. The lowest BCUT2D eigenvalue weighted by Crippen LogP contribution is -2.74. The molecule has 8 aliphatic rings. The number of hydrogen-bond acceptors (Lipinski definition) is 20. The maximum absolute atomic E-state index is 13.6. The molecule has 0 aromatic carbocycles. The SMILES string of the molecule is CC(C)=CC(=O)OC1C(O)C2(C)C(=CCC3C4(C)CCC(OC5OC(C(=O)O)C(O)C(OC6OC(C)C(O)C(O)C6O)C5OC5OC(CO)C(O)C(O)C5O)C(C)(C)C4CCC32C)C2CC(C)(C)CC(O)C21CO. The van der Waals surface area contributed by atoms with Crippen molar-refractivity contribution in [2.45, 2.75) is 231 Å². The van der Waals surface area contributed by atoms with Crippen molar-refractivity contribution in [3.05, 3.63) is 23.3 Å². The number of ether oxygens (including phenoxy) is 7. The molecule has 26 atom stereocenters. The zero-order chi connectivity index (χ0) is 54.7. The van der Waals surface area contributed by atoms with Crippen molar-refractivity contribution in [1.29, 1.82) is 0 Å². The minimum Gasteiger partial charge on any atom is -0.479 e. The van der Waals surface area contributed by atoms with E-state index in [1.165, 1.54) is 13.0 Å². The number of aliphatic carboxylic acids is 1. The van der Waals surface area contributed by atoms with Gasteiger partial charge in [-0.15, -0.1) is 0 Å². The predicted octanol–water partition coefficient (Wildman–Crippen LogP) is 0.163. The first-order chi connectivity index (χ1) is 34.4. The normalized spacial score (nSPS) is 51.7. The first-order valence-corrected chi connectivity index (χ1v) is 26.4. The number of carboxylic acids is 1. The van der Waals surface area contributed by atoms with Gasteiger partial charge in [-0.2, -0.15) is 0 Å². The van der Waals surface area contributed by atoms with Crippen molar-refractivity contribution in [3.63, 3.8) is 0 Å². The Morgan fingerprint density at radius 3 is 1.95 bits per heavy atom. The van der Waals surface area contributed by atoms with Gasteiger partial charge in [0.2, 0.25) is 0 Å². The van der Waals surface area contributed by atoms with Crippen molar-refractivity contribution in [1.82, 2.24) is 0 Å². The summed E-state index contributed by atoms with van der Waals surface area (Å²) in [5, 5.41) is 134. The smallest absolute Gasteiger partial charge is 0.335 e. The van der Waals surface area contributed by atoms with Gasteiger partial charge in [-0.25, -0.2) is 9.59 Å². The summed E-state index contributed by atoms with van der Waals surface area (Å²) in [6, 6.07) is 0. The summed E-state index contributed by atoms with van der Waals surface area (Å²) in [4.78, 5) is 26.5. The molecule has 12 N–H and O–H groups in total. The number of fused-ring (bicyclic) bond motifs is 7. The number of aliphatic hydroxyl groups is 11. The molecule has 0 aromatic rings. The first-order valence-electron chi connectivity index (χ1n) is 26.4. The molecule has 74 heavy (non-hydrogen) atoms. The average Bonchev–Trinajstić information content (AvgIpc) is 3.31. The summed E-state index contributed by atoms with van der Waals surface area (Å²) in [5.74, 6) is -2.92. The van der Waals surface area contributed by atoms with Crippen LogP contribution in [0, 0.1) is 50.2 Å². The summed E-state index contributed by atoms with van der Waals surface area (Å²) in [7, 11) is 0. The number of carbonyl (C=O) groups excluding carboxylic acids is 1. The molecule has 422 valence electrons. The van der Waals surface area contributed by atoms with E-state index >= 15 is 0 Å². The summed E-state index contributed by atoms with van der Waals surface area (Å²) in [6.07, 6.45) is -24.0. The third kappa shape index (κ3) is 9.06. The van der Waals surface area contributed by atoms with E-state index in [2.05, 4.69) is 40.7 Å². The van der Waals surface area contributed by atoms with Crippen LogP contribution in [-0.4, -0.2) is 203 Å². The van der Waals surface area contributed by atoms with Crippen LogP contribution < -0.4 is 0 Å². The van der Waals surface area contributed by atoms with Gasteiger partial charge >= 0.3 is 11.9 Å². The molecule has 0 spiro atoms. The Morgan fingerprint density at radius 2 is 1.34 bits per heavy atom. The van der Waals surface area contributed by atoms with E-state index in [1.807, 2.05) is 13.8 Å². The molecular formula is C53H84O21. The second-order valence-electron chi connectivity index (χ2n) is 25.4. The van der Waals surface area contributed by atoms with Crippen LogP contribution in [0.2, 0.25) is 0 Å². The predicted molar refractivity (Wildman–Crippen MR) is 257 cm³/mol. The topological polar surface area (TPSA) is 342 Å². The van der Waals surface area contributed by atoms with Gasteiger partial charge in [0.05, 0.1) is 36.9 Å². The molecule has 0 radical (unpaired) electrons. The first kappa shape index (κ1) is 57.9. The minimum absolute atomic E-state index is 0.0784. The van der Waals surface area contributed by atoms with E-state index in [0.717, 1.165) is 5.57 Å². The van der Waals surface area contributed by atoms with Crippen LogP contribution in [0.15, 0.2) is 23.3 Å². The highest BCUT2D eigenvalue weighted by Crippen LogP contribution is 2.76. The molecule has 21 heteroatoms. The molecule has 3 saturated heterocycles. The van der Waals surface area contributed by atoms with E-state index in [0.29, 0.717) is 50.5 Å². The maximum Gasteiger partial charge on any atom is 0.335 e. The van der Waals surface area contributed by atoms with Crippen LogP contribution >= 0.6 is 0 Å². The Kier molecular flexibility index (Phi) is 16.0. The molecule has 7 fully saturated rings. The Hall–Kier alpha value is -2.26. The van der Waals surface area contributed by atoms with Crippen LogP contribution in [-0.2, 0) is 42.7 Å². The van der Waals surface area contributed by atoms with E-state index in [-0.39, 0.29) is 17.3 Å². The lowest BCUT2D eigenvalue weighted by atomic mass is 9.32. The fourth-order valence-electron chi connectivity index (χ4n) is 16.0. The molecule has 3 heterocycles. The summed E-state index contributed by atoms with van der Waals surface area (Å²) in [6.45, 7) is 18.3. The second kappa shape index (κ2) is 20.4. The summed E-state index contributed by atoms with van der Waals surface area (Å²) in [5.41, 5.74) is -2.90. The minimum atomic E-state index is -2.11. The summed E-state index contributed by atoms with van der Waals surface area (Å²) < 4.78 is 43.0. The third-order valence-corrected chi connectivity index (χ3v) is 20.1. The molecule has 26 unspecified atom stereocenters. The lowest BCUT2D eigenvalue weighted by Gasteiger charge is -2.73. The highest BCUT2D eigenvalue weighted by atomic mass is 16.8. The average molecular weight is 1060 g/mol. The zero-order valence-electron chi connectivity index (χ0n) is 44.3. The van der Waals surface area contributed by atoms with Crippen molar-refractivity contribution in [2.24, 2.45) is 50.2 Å². The zero-order valence-corrected chi connectivity index (χ0v) is 44.3. The molecule has 0 bridgehead atoms. The standard InChI is InChI=1S/C53H84O21/c1-22(2)17-31(57)71-43-42(65)52(10)24(25-18-48(4,5)19-29(56)53(25,43)21-55)11-12-28-50(8)15-14-30(49(6,7)27(50)13-16-51(28,52)9)70-47-41(74-46-37(63)35(61)33(59)26(20-54)69-46)39(38(64)40(73-47)44(66)67)72-45-36(62)34(60)32(58)23(3)68-45/h11,17,23,25-30,32-43,45-47,54-56,58-65H,12-16,18-21H2,1-10H3,(H,66,67). The highest BCUT2D eigenvalue weighted by Gasteiger charge is 2.75. The van der Waals surface area contributed by atoms with Gasteiger partial charge in [0.15, 0.2) is 25.0 Å². The van der Waals surface area contributed by atoms with Gasteiger partial charge < -0.3 is 94.4 Å². The number of carbonyl (C=O) groups is 2. The Balaban J connectivity index is 1.14. The monoisotopic (exact) mass is 1060 g/mol. The number of rotatable bonds is 11. The molecule has 0 aromatic heterocycles. The van der Waals surface area contributed by atoms with Crippen LogP contribution in [0.25, 0.3) is 0 Å². The van der Waals surface area contributed by atoms with Crippen molar-refractivity contribution >= 4 is 11.9 Å². The number of hydrogen-bond donors (Lipinski definition) is 12. The highest BCUT2D eigenvalue weighted by molar-refractivity contribution is 5.83. The fourth-order valence-corrected chi connectivity index (χ4v) is 16.0. The largest absolute Gasteiger partial charge is 0.479 e. The van der Waals surface area contributed by atoms with E-state index < -0.39 is 175 Å². The van der Waals surface area contributed by atoms with E-state index in [1.54, 1.807) is 13.8 Å². The van der Waals surface area contributed by atoms with E-state index in [9.17, 15) is 70.9 Å².